The fourth-order valence-corrected chi connectivity index (χ4v) is 1.60. The lowest BCUT2D eigenvalue weighted by Crippen LogP contribution is -2.20. The van der Waals surface area contributed by atoms with Crippen LogP contribution in [-0.4, -0.2) is 33.2 Å². The summed E-state index contributed by atoms with van der Waals surface area (Å²) in [4.78, 5) is 11.1. The molecule has 19 heavy (non-hydrogen) atoms. The van der Waals surface area contributed by atoms with Crippen LogP contribution in [0.1, 0.15) is 18.9 Å². The number of carbonyl (C=O) groups excluding carboxylic acids is 1. The van der Waals surface area contributed by atoms with Crippen molar-refractivity contribution in [2.75, 3.05) is 27.3 Å². The second kappa shape index (κ2) is 8.37. The van der Waals surface area contributed by atoms with Crippen molar-refractivity contribution in [2.24, 2.45) is 0 Å². The van der Waals surface area contributed by atoms with Crippen molar-refractivity contribution in [3.8, 4) is 11.5 Å². The summed E-state index contributed by atoms with van der Waals surface area (Å²) < 4.78 is 10.9. The third-order valence-corrected chi connectivity index (χ3v) is 2.70. The van der Waals surface area contributed by atoms with Gasteiger partial charge in [-0.05, 0) is 24.7 Å². The number of hydrogen-bond acceptors (Lipinski definition) is 4. The third kappa shape index (κ3) is 5.18. The standard InChI is InChI=1S/C14H22N2O3/c1-4-16-10-11-9-12(18-3)5-6-13(11)19-8-7-14(17)15-2/h5-6,9,16H,4,7-8,10H2,1-3H3,(H,15,17). The summed E-state index contributed by atoms with van der Waals surface area (Å²) in [6, 6.07) is 5.66. The lowest BCUT2D eigenvalue weighted by Gasteiger charge is -2.13. The number of rotatable bonds is 8. The Morgan fingerprint density at radius 2 is 2.16 bits per heavy atom. The van der Waals surface area contributed by atoms with Gasteiger partial charge in [0.05, 0.1) is 20.1 Å². The van der Waals surface area contributed by atoms with Crippen molar-refractivity contribution in [1.82, 2.24) is 10.6 Å². The van der Waals surface area contributed by atoms with Gasteiger partial charge in [0, 0.05) is 19.2 Å². The molecular formula is C14H22N2O3. The van der Waals surface area contributed by atoms with Crippen molar-refractivity contribution in [1.29, 1.82) is 0 Å². The summed E-state index contributed by atoms with van der Waals surface area (Å²) >= 11 is 0. The highest BCUT2D eigenvalue weighted by molar-refractivity contribution is 5.75. The molecule has 0 heterocycles. The molecule has 0 aliphatic heterocycles. The fourth-order valence-electron chi connectivity index (χ4n) is 1.60. The van der Waals surface area contributed by atoms with Crippen molar-refractivity contribution >= 4 is 5.91 Å². The third-order valence-electron chi connectivity index (χ3n) is 2.70. The lowest BCUT2D eigenvalue weighted by atomic mass is 10.2. The molecule has 2 N–H and O–H groups in total. The van der Waals surface area contributed by atoms with Crippen LogP contribution >= 0.6 is 0 Å². The molecule has 0 saturated heterocycles. The van der Waals surface area contributed by atoms with E-state index in [0.29, 0.717) is 19.6 Å². The molecule has 1 rings (SSSR count). The molecule has 1 aromatic rings. The van der Waals surface area contributed by atoms with Gasteiger partial charge in [0.2, 0.25) is 5.91 Å². The van der Waals surface area contributed by atoms with Crippen LogP contribution in [0.15, 0.2) is 18.2 Å². The Labute approximate surface area is 114 Å². The van der Waals surface area contributed by atoms with Gasteiger partial charge >= 0.3 is 0 Å². The zero-order chi connectivity index (χ0) is 14.1. The van der Waals surface area contributed by atoms with E-state index in [4.69, 9.17) is 9.47 Å². The highest BCUT2D eigenvalue weighted by atomic mass is 16.5. The summed E-state index contributed by atoms with van der Waals surface area (Å²) in [6.07, 6.45) is 0.350. The van der Waals surface area contributed by atoms with E-state index in [1.165, 1.54) is 0 Å². The lowest BCUT2D eigenvalue weighted by molar-refractivity contribution is -0.121. The molecule has 1 amide bonds. The molecule has 0 unspecified atom stereocenters. The van der Waals surface area contributed by atoms with Crippen molar-refractivity contribution in [3.05, 3.63) is 23.8 Å². The minimum absolute atomic E-state index is 0.0262. The van der Waals surface area contributed by atoms with E-state index in [1.807, 2.05) is 25.1 Å². The van der Waals surface area contributed by atoms with Crippen LogP contribution in [0.25, 0.3) is 0 Å². The summed E-state index contributed by atoms with van der Waals surface area (Å²) in [7, 11) is 3.25. The topological polar surface area (TPSA) is 59.6 Å². The first-order chi connectivity index (χ1) is 9.21. The van der Waals surface area contributed by atoms with E-state index in [1.54, 1.807) is 14.2 Å². The van der Waals surface area contributed by atoms with Crippen molar-refractivity contribution in [2.45, 2.75) is 19.9 Å². The van der Waals surface area contributed by atoms with Crippen LogP contribution in [0, 0.1) is 0 Å². The van der Waals surface area contributed by atoms with Gasteiger partial charge in [-0.25, -0.2) is 0 Å². The minimum atomic E-state index is -0.0262. The summed E-state index contributed by atoms with van der Waals surface area (Å²) in [5.41, 5.74) is 1.03. The van der Waals surface area contributed by atoms with Crippen LogP contribution in [0.2, 0.25) is 0 Å². The van der Waals surface area contributed by atoms with E-state index in [2.05, 4.69) is 10.6 Å². The maximum absolute atomic E-state index is 11.1. The predicted molar refractivity (Wildman–Crippen MR) is 74.6 cm³/mol. The van der Waals surface area contributed by atoms with Crippen molar-refractivity contribution in [3.63, 3.8) is 0 Å². The molecule has 0 spiro atoms. The Morgan fingerprint density at radius 3 is 2.79 bits per heavy atom. The summed E-state index contributed by atoms with van der Waals surface area (Å²) in [5.74, 6) is 1.55. The molecular weight excluding hydrogens is 244 g/mol. The van der Waals surface area contributed by atoms with Gasteiger partial charge in [-0.1, -0.05) is 6.92 Å². The number of amides is 1. The normalized spacial score (nSPS) is 10.1. The van der Waals surface area contributed by atoms with Crippen LogP contribution in [-0.2, 0) is 11.3 Å². The van der Waals surface area contributed by atoms with Gasteiger partial charge in [-0.2, -0.15) is 0 Å². The molecule has 0 saturated carbocycles. The largest absolute Gasteiger partial charge is 0.497 e. The Balaban J connectivity index is 2.66. The van der Waals surface area contributed by atoms with Crippen LogP contribution in [0.3, 0.4) is 0 Å². The molecule has 5 heteroatoms. The van der Waals surface area contributed by atoms with Gasteiger partial charge in [-0.15, -0.1) is 0 Å². The number of hydrogen-bond donors (Lipinski definition) is 2. The fraction of sp³-hybridized carbons (Fsp3) is 0.500. The van der Waals surface area contributed by atoms with E-state index >= 15 is 0 Å². The molecule has 5 nitrogen and oxygen atoms in total. The molecule has 0 aromatic heterocycles. The SMILES string of the molecule is CCNCc1cc(OC)ccc1OCCC(=O)NC. The average Bonchev–Trinajstić information content (AvgIpc) is 2.45. The Morgan fingerprint density at radius 1 is 1.37 bits per heavy atom. The predicted octanol–water partition coefficient (Wildman–Crippen LogP) is 1.32. The van der Waals surface area contributed by atoms with Gasteiger partial charge in [0.1, 0.15) is 11.5 Å². The Kier molecular flexibility index (Phi) is 6.74. The molecule has 0 fully saturated rings. The van der Waals surface area contributed by atoms with Gasteiger partial charge in [-0.3, -0.25) is 4.79 Å². The first-order valence-electron chi connectivity index (χ1n) is 6.42. The highest BCUT2D eigenvalue weighted by Crippen LogP contribution is 2.24. The number of methoxy groups -OCH3 is 1. The zero-order valence-corrected chi connectivity index (χ0v) is 11.8. The number of nitrogens with one attached hydrogen (secondary N) is 2. The maximum Gasteiger partial charge on any atom is 0.223 e. The Hall–Kier alpha value is -1.75. The molecule has 0 bridgehead atoms. The van der Waals surface area contributed by atoms with E-state index in [9.17, 15) is 4.79 Å². The zero-order valence-electron chi connectivity index (χ0n) is 11.8. The molecule has 0 atom stereocenters. The van der Waals surface area contributed by atoms with Gasteiger partial charge < -0.3 is 20.1 Å². The second-order valence-corrected chi connectivity index (χ2v) is 4.03. The van der Waals surface area contributed by atoms with Gasteiger partial charge in [0.25, 0.3) is 0 Å². The monoisotopic (exact) mass is 266 g/mol. The highest BCUT2D eigenvalue weighted by Gasteiger charge is 2.06. The van der Waals surface area contributed by atoms with Crippen molar-refractivity contribution < 1.29 is 14.3 Å². The maximum atomic E-state index is 11.1. The first-order valence-corrected chi connectivity index (χ1v) is 6.42. The molecule has 0 aliphatic rings. The minimum Gasteiger partial charge on any atom is -0.497 e. The van der Waals surface area contributed by atoms with Crippen LogP contribution in [0.5, 0.6) is 11.5 Å². The first kappa shape index (κ1) is 15.3. The van der Waals surface area contributed by atoms with E-state index in [0.717, 1.165) is 23.6 Å². The molecule has 1 aromatic carbocycles. The van der Waals surface area contributed by atoms with E-state index in [-0.39, 0.29) is 5.91 Å². The number of carbonyl (C=O) groups is 1. The Bertz CT molecular complexity index is 408. The summed E-state index contributed by atoms with van der Waals surface area (Å²) in [5, 5.41) is 5.82. The molecule has 0 radical (unpaired) electrons. The van der Waals surface area contributed by atoms with E-state index < -0.39 is 0 Å². The number of benzene rings is 1. The van der Waals surface area contributed by atoms with Crippen LogP contribution < -0.4 is 20.1 Å². The molecule has 0 aliphatic carbocycles. The smallest absolute Gasteiger partial charge is 0.223 e. The van der Waals surface area contributed by atoms with Crippen LogP contribution in [0.4, 0.5) is 0 Å². The summed E-state index contributed by atoms with van der Waals surface area (Å²) in [6.45, 7) is 4.01. The average molecular weight is 266 g/mol. The quantitative estimate of drug-likeness (QED) is 0.745. The molecule has 106 valence electrons. The van der Waals surface area contributed by atoms with Gasteiger partial charge in [0.15, 0.2) is 0 Å². The number of ether oxygens (including phenoxy) is 2. The second-order valence-electron chi connectivity index (χ2n) is 4.03.